The molecule has 0 bridgehead atoms. The number of ether oxygens (including phenoxy) is 6. The third kappa shape index (κ3) is 4.48. The highest BCUT2D eigenvalue weighted by Gasteiger charge is 2.27. The van der Waals surface area contributed by atoms with E-state index in [0.717, 1.165) is 16.7 Å². The molecule has 0 spiro atoms. The maximum Gasteiger partial charge on any atom is 0.126 e. The maximum absolute atomic E-state index is 5.74. The van der Waals surface area contributed by atoms with Crippen LogP contribution in [0.5, 0.6) is 34.5 Å². The molecule has 6 nitrogen and oxygen atoms in total. The Morgan fingerprint density at radius 3 is 0.935 bits per heavy atom. The highest BCUT2D eigenvalue weighted by molar-refractivity contribution is 5.59. The Morgan fingerprint density at radius 2 is 0.710 bits per heavy atom. The fraction of sp³-hybridized carbons (Fsp3) is 0.280. The molecule has 31 heavy (non-hydrogen) atoms. The normalized spacial score (nSPS) is 10.5. The zero-order valence-electron chi connectivity index (χ0n) is 18.7. The molecule has 0 saturated heterocycles. The van der Waals surface area contributed by atoms with Gasteiger partial charge in [0, 0.05) is 40.8 Å². The molecular formula is C25H28O6. The Hall–Kier alpha value is -3.54. The predicted octanol–water partition coefficient (Wildman–Crippen LogP) is 4.92. The summed E-state index contributed by atoms with van der Waals surface area (Å²) < 4.78 is 33.4. The molecule has 0 fully saturated rings. The first-order valence-electron chi connectivity index (χ1n) is 9.75. The van der Waals surface area contributed by atoms with E-state index in [4.69, 9.17) is 28.4 Å². The Bertz CT molecular complexity index is 899. The summed E-state index contributed by atoms with van der Waals surface area (Å²) in [4.78, 5) is 0. The first kappa shape index (κ1) is 22.2. The van der Waals surface area contributed by atoms with E-state index in [1.165, 1.54) is 0 Å². The lowest BCUT2D eigenvalue weighted by atomic mass is 9.83. The Balaban J connectivity index is 2.31. The van der Waals surface area contributed by atoms with Crippen molar-refractivity contribution in [2.24, 2.45) is 0 Å². The van der Waals surface area contributed by atoms with Crippen molar-refractivity contribution in [2.45, 2.75) is 5.92 Å². The molecule has 3 aromatic carbocycles. The smallest absolute Gasteiger partial charge is 0.126 e. The standard InChI is InChI=1S/C25H28O6/c1-26-16-7-10-19(22(13-16)29-4)25(20-11-8-17(27-2)14-23(20)30-5)21-12-9-18(28-3)15-24(21)31-6/h7-15,25H,1-6H3. The van der Waals surface area contributed by atoms with Crippen LogP contribution < -0.4 is 28.4 Å². The largest absolute Gasteiger partial charge is 0.497 e. The van der Waals surface area contributed by atoms with Gasteiger partial charge in [-0.15, -0.1) is 0 Å². The SMILES string of the molecule is COc1ccc(C(c2ccc(OC)cc2OC)c2ccc(OC)cc2OC)c(OC)c1. The molecule has 0 heterocycles. The van der Waals surface area contributed by atoms with Gasteiger partial charge in [-0.3, -0.25) is 0 Å². The Morgan fingerprint density at radius 1 is 0.419 bits per heavy atom. The van der Waals surface area contributed by atoms with Crippen molar-refractivity contribution < 1.29 is 28.4 Å². The lowest BCUT2D eigenvalue weighted by Crippen LogP contribution is -2.09. The van der Waals surface area contributed by atoms with Crippen molar-refractivity contribution >= 4 is 0 Å². The third-order valence-electron chi connectivity index (χ3n) is 5.25. The van der Waals surface area contributed by atoms with Crippen LogP contribution in [0.1, 0.15) is 22.6 Å². The second kappa shape index (κ2) is 9.98. The van der Waals surface area contributed by atoms with E-state index in [-0.39, 0.29) is 5.92 Å². The van der Waals surface area contributed by atoms with Crippen LogP contribution in [0.3, 0.4) is 0 Å². The van der Waals surface area contributed by atoms with Gasteiger partial charge in [0.05, 0.1) is 42.7 Å². The number of hydrogen-bond acceptors (Lipinski definition) is 6. The van der Waals surface area contributed by atoms with Gasteiger partial charge >= 0.3 is 0 Å². The minimum absolute atomic E-state index is 0.248. The quantitative estimate of drug-likeness (QED) is 0.455. The zero-order valence-corrected chi connectivity index (χ0v) is 18.7. The van der Waals surface area contributed by atoms with Crippen molar-refractivity contribution in [3.8, 4) is 34.5 Å². The van der Waals surface area contributed by atoms with Gasteiger partial charge in [0.25, 0.3) is 0 Å². The number of rotatable bonds is 9. The van der Waals surface area contributed by atoms with Crippen LogP contribution in [-0.4, -0.2) is 42.7 Å². The molecule has 0 saturated carbocycles. The fourth-order valence-corrected chi connectivity index (χ4v) is 3.67. The first-order valence-corrected chi connectivity index (χ1v) is 9.75. The Kier molecular flexibility index (Phi) is 7.13. The van der Waals surface area contributed by atoms with Crippen LogP contribution in [-0.2, 0) is 0 Å². The average molecular weight is 424 g/mol. The predicted molar refractivity (Wildman–Crippen MR) is 120 cm³/mol. The van der Waals surface area contributed by atoms with Gasteiger partial charge in [0.1, 0.15) is 34.5 Å². The molecule has 164 valence electrons. The molecule has 0 aliphatic rings. The lowest BCUT2D eigenvalue weighted by Gasteiger charge is -2.25. The second-order valence-corrected chi connectivity index (χ2v) is 6.76. The van der Waals surface area contributed by atoms with Gasteiger partial charge in [-0.05, 0) is 18.2 Å². The van der Waals surface area contributed by atoms with E-state index in [2.05, 4.69) is 0 Å². The summed E-state index contributed by atoms with van der Waals surface area (Å²) in [5.74, 6) is 3.97. The van der Waals surface area contributed by atoms with Crippen LogP contribution in [0.15, 0.2) is 54.6 Å². The van der Waals surface area contributed by atoms with Crippen LogP contribution in [0.25, 0.3) is 0 Å². The van der Waals surface area contributed by atoms with E-state index in [1.54, 1.807) is 42.7 Å². The van der Waals surface area contributed by atoms with E-state index in [0.29, 0.717) is 34.5 Å². The lowest BCUT2D eigenvalue weighted by molar-refractivity contribution is 0.381. The van der Waals surface area contributed by atoms with Gasteiger partial charge in [-0.1, -0.05) is 18.2 Å². The monoisotopic (exact) mass is 424 g/mol. The highest BCUT2D eigenvalue weighted by atomic mass is 16.5. The first-order chi connectivity index (χ1) is 15.1. The summed E-state index contributed by atoms with van der Waals surface area (Å²) in [6.45, 7) is 0. The average Bonchev–Trinajstić information content (AvgIpc) is 2.84. The summed E-state index contributed by atoms with van der Waals surface area (Å²) >= 11 is 0. The van der Waals surface area contributed by atoms with E-state index >= 15 is 0 Å². The minimum atomic E-state index is -0.248. The topological polar surface area (TPSA) is 55.4 Å². The van der Waals surface area contributed by atoms with E-state index in [9.17, 15) is 0 Å². The number of methoxy groups -OCH3 is 6. The molecule has 6 heteroatoms. The minimum Gasteiger partial charge on any atom is -0.497 e. The van der Waals surface area contributed by atoms with Gasteiger partial charge in [-0.2, -0.15) is 0 Å². The highest BCUT2D eigenvalue weighted by Crippen LogP contribution is 2.46. The molecule has 0 atom stereocenters. The van der Waals surface area contributed by atoms with Crippen molar-refractivity contribution in [3.63, 3.8) is 0 Å². The molecule has 0 aromatic heterocycles. The van der Waals surface area contributed by atoms with E-state index in [1.807, 2.05) is 54.6 Å². The number of hydrogen-bond donors (Lipinski definition) is 0. The number of benzene rings is 3. The molecular weight excluding hydrogens is 396 g/mol. The van der Waals surface area contributed by atoms with Crippen LogP contribution >= 0.6 is 0 Å². The van der Waals surface area contributed by atoms with Gasteiger partial charge in [0.2, 0.25) is 0 Å². The molecule has 0 aliphatic carbocycles. The summed E-state index contributed by atoms with van der Waals surface area (Å²) in [5, 5.41) is 0. The van der Waals surface area contributed by atoms with E-state index < -0.39 is 0 Å². The summed E-state index contributed by atoms with van der Waals surface area (Å²) in [6.07, 6.45) is 0. The van der Waals surface area contributed by atoms with Crippen molar-refractivity contribution in [2.75, 3.05) is 42.7 Å². The van der Waals surface area contributed by atoms with Crippen molar-refractivity contribution in [1.29, 1.82) is 0 Å². The molecule has 0 unspecified atom stereocenters. The van der Waals surface area contributed by atoms with Crippen molar-refractivity contribution in [1.82, 2.24) is 0 Å². The summed E-state index contributed by atoms with van der Waals surface area (Å²) in [5.41, 5.74) is 2.82. The second-order valence-electron chi connectivity index (χ2n) is 6.76. The Labute approximate surface area is 183 Å². The van der Waals surface area contributed by atoms with Gasteiger partial charge in [-0.25, -0.2) is 0 Å². The third-order valence-corrected chi connectivity index (χ3v) is 5.25. The van der Waals surface area contributed by atoms with Gasteiger partial charge in [0.15, 0.2) is 0 Å². The summed E-state index contributed by atoms with van der Waals surface area (Å²) in [6, 6.07) is 17.3. The molecule has 0 radical (unpaired) electrons. The van der Waals surface area contributed by atoms with Crippen LogP contribution in [0, 0.1) is 0 Å². The van der Waals surface area contributed by atoms with Gasteiger partial charge < -0.3 is 28.4 Å². The molecule has 3 aromatic rings. The fourth-order valence-electron chi connectivity index (χ4n) is 3.67. The maximum atomic E-state index is 5.74. The summed E-state index contributed by atoms with van der Waals surface area (Å²) in [7, 11) is 9.82. The molecule has 0 amide bonds. The zero-order chi connectivity index (χ0) is 22.4. The molecule has 0 aliphatic heterocycles. The van der Waals surface area contributed by atoms with Crippen molar-refractivity contribution in [3.05, 3.63) is 71.3 Å². The molecule has 0 N–H and O–H groups in total. The molecule has 3 rings (SSSR count). The van der Waals surface area contributed by atoms with Crippen LogP contribution in [0.4, 0.5) is 0 Å². The van der Waals surface area contributed by atoms with Crippen LogP contribution in [0.2, 0.25) is 0 Å².